The first kappa shape index (κ1) is 21.7. The van der Waals surface area contributed by atoms with Crippen LogP contribution >= 0.6 is 24.0 Å². The standard InChI is InChI=1S/C17H18F2N4O2.HI/c1-2-20-17(22-11-13-9-14(18)7-8-15(13)19)21-10-12-5-3-4-6-16(12)23(24)25;/h3-9H,2,10-11H2,1H3,(H2,20,21,22);1H. The summed E-state index contributed by atoms with van der Waals surface area (Å²) in [6.07, 6.45) is 0. The molecule has 0 aliphatic carbocycles. The Balaban J connectivity index is 0.00000338. The number of nitro groups is 1. The van der Waals surface area contributed by atoms with Crippen LogP contribution in [0.2, 0.25) is 0 Å². The lowest BCUT2D eigenvalue weighted by molar-refractivity contribution is -0.385. The highest BCUT2D eigenvalue weighted by molar-refractivity contribution is 14.0. The molecule has 0 aromatic heterocycles. The number of nitrogens with zero attached hydrogens (tertiary/aromatic N) is 2. The van der Waals surface area contributed by atoms with Gasteiger partial charge in [0.1, 0.15) is 11.6 Å². The van der Waals surface area contributed by atoms with Crippen molar-refractivity contribution in [1.29, 1.82) is 0 Å². The Morgan fingerprint density at radius 3 is 2.58 bits per heavy atom. The van der Waals surface area contributed by atoms with Crippen molar-refractivity contribution < 1.29 is 13.7 Å². The van der Waals surface area contributed by atoms with Crippen molar-refractivity contribution in [3.63, 3.8) is 0 Å². The Bertz CT molecular complexity index is 787. The molecule has 0 saturated carbocycles. The largest absolute Gasteiger partial charge is 0.357 e. The highest BCUT2D eigenvalue weighted by Crippen LogP contribution is 2.17. The number of halogens is 3. The van der Waals surface area contributed by atoms with Crippen LogP contribution in [-0.2, 0) is 13.1 Å². The molecule has 0 amide bonds. The van der Waals surface area contributed by atoms with Gasteiger partial charge in [-0.05, 0) is 25.1 Å². The number of hydrogen-bond donors (Lipinski definition) is 2. The molecule has 0 fully saturated rings. The molecule has 2 rings (SSSR count). The average Bonchev–Trinajstić information content (AvgIpc) is 2.60. The third-order valence-electron chi connectivity index (χ3n) is 3.39. The summed E-state index contributed by atoms with van der Waals surface area (Å²) in [6.45, 7) is 2.52. The molecule has 26 heavy (non-hydrogen) atoms. The highest BCUT2D eigenvalue weighted by Gasteiger charge is 2.12. The van der Waals surface area contributed by atoms with Gasteiger partial charge in [0.15, 0.2) is 5.96 Å². The van der Waals surface area contributed by atoms with E-state index in [0.29, 0.717) is 18.1 Å². The quantitative estimate of drug-likeness (QED) is 0.219. The molecule has 0 radical (unpaired) electrons. The Hall–Kier alpha value is -2.30. The SMILES string of the molecule is CCNC(=NCc1cc(F)ccc1F)NCc1ccccc1[N+](=O)[O-].I. The van der Waals surface area contributed by atoms with Crippen LogP contribution in [0.1, 0.15) is 18.1 Å². The maximum atomic E-state index is 13.6. The van der Waals surface area contributed by atoms with Crippen molar-refractivity contribution in [1.82, 2.24) is 10.6 Å². The van der Waals surface area contributed by atoms with Gasteiger partial charge in [-0.1, -0.05) is 18.2 Å². The summed E-state index contributed by atoms with van der Waals surface area (Å²) < 4.78 is 26.8. The predicted octanol–water partition coefficient (Wildman–Crippen LogP) is 3.75. The van der Waals surface area contributed by atoms with E-state index in [-0.39, 0.29) is 48.3 Å². The fourth-order valence-corrected chi connectivity index (χ4v) is 2.19. The fourth-order valence-electron chi connectivity index (χ4n) is 2.19. The molecule has 0 bridgehead atoms. The number of nitrogens with one attached hydrogen (secondary N) is 2. The third kappa shape index (κ3) is 6.21. The van der Waals surface area contributed by atoms with Gasteiger partial charge in [-0.2, -0.15) is 0 Å². The maximum absolute atomic E-state index is 13.6. The van der Waals surface area contributed by atoms with E-state index in [2.05, 4.69) is 15.6 Å². The van der Waals surface area contributed by atoms with Gasteiger partial charge in [0.25, 0.3) is 5.69 Å². The number of rotatable bonds is 6. The van der Waals surface area contributed by atoms with Crippen molar-refractivity contribution in [3.05, 3.63) is 75.3 Å². The van der Waals surface area contributed by atoms with Crippen LogP contribution in [0.15, 0.2) is 47.5 Å². The molecule has 0 unspecified atom stereocenters. The minimum absolute atomic E-state index is 0. The molecule has 0 aliphatic heterocycles. The number of guanidine groups is 1. The lowest BCUT2D eigenvalue weighted by Gasteiger charge is -2.11. The molecule has 2 aromatic rings. The first-order valence-electron chi connectivity index (χ1n) is 7.69. The van der Waals surface area contributed by atoms with Gasteiger partial charge >= 0.3 is 0 Å². The van der Waals surface area contributed by atoms with Crippen LogP contribution in [0, 0.1) is 21.7 Å². The zero-order chi connectivity index (χ0) is 18.2. The molecule has 2 aromatic carbocycles. The second kappa shape index (κ2) is 10.6. The first-order chi connectivity index (χ1) is 12.0. The summed E-state index contributed by atoms with van der Waals surface area (Å²) >= 11 is 0. The summed E-state index contributed by atoms with van der Waals surface area (Å²) in [5.74, 6) is -0.728. The van der Waals surface area contributed by atoms with Gasteiger partial charge in [0, 0.05) is 30.3 Å². The molecular weight excluding hydrogens is 457 g/mol. The Morgan fingerprint density at radius 2 is 1.88 bits per heavy atom. The molecule has 0 spiro atoms. The maximum Gasteiger partial charge on any atom is 0.274 e. The van der Waals surface area contributed by atoms with Crippen molar-refractivity contribution in [2.45, 2.75) is 20.0 Å². The Labute approximate surface area is 166 Å². The Morgan fingerprint density at radius 1 is 1.15 bits per heavy atom. The zero-order valence-electron chi connectivity index (χ0n) is 14.0. The molecule has 0 heterocycles. The molecule has 6 nitrogen and oxygen atoms in total. The van der Waals surface area contributed by atoms with E-state index in [4.69, 9.17) is 0 Å². The molecule has 0 atom stereocenters. The minimum atomic E-state index is -0.542. The lowest BCUT2D eigenvalue weighted by Crippen LogP contribution is -2.36. The normalized spacial score (nSPS) is 10.8. The van der Waals surface area contributed by atoms with Gasteiger partial charge in [-0.15, -0.1) is 24.0 Å². The fraction of sp³-hybridized carbons (Fsp3) is 0.235. The van der Waals surface area contributed by atoms with E-state index in [0.717, 1.165) is 18.2 Å². The number of nitro benzene ring substituents is 1. The lowest BCUT2D eigenvalue weighted by atomic mass is 10.2. The van der Waals surface area contributed by atoms with Gasteiger partial charge in [-0.3, -0.25) is 10.1 Å². The number of benzene rings is 2. The molecule has 9 heteroatoms. The average molecular weight is 476 g/mol. The van der Waals surface area contributed by atoms with Crippen molar-refractivity contribution in [2.24, 2.45) is 4.99 Å². The third-order valence-corrected chi connectivity index (χ3v) is 3.39. The number of hydrogen-bond acceptors (Lipinski definition) is 3. The van der Waals surface area contributed by atoms with Gasteiger partial charge < -0.3 is 10.6 Å². The van der Waals surface area contributed by atoms with Gasteiger partial charge in [0.05, 0.1) is 11.5 Å². The zero-order valence-corrected chi connectivity index (χ0v) is 16.4. The van der Waals surface area contributed by atoms with E-state index in [1.165, 1.54) is 6.07 Å². The molecular formula is C17H19F2IN4O2. The molecule has 0 aliphatic rings. The van der Waals surface area contributed by atoms with E-state index >= 15 is 0 Å². The van der Waals surface area contributed by atoms with Crippen LogP contribution in [-0.4, -0.2) is 17.4 Å². The van der Waals surface area contributed by atoms with Gasteiger partial charge in [-0.25, -0.2) is 13.8 Å². The Kier molecular flexibility index (Phi) is 8.90. The smallest absolute Gasteiger partial charge is 0.274 e. The second-order valence-corrected chi connectivity index (χ2v) is 5.17. The molecule has 140 valence electrons. The predicted molar refractivity (Wildman–Crippen MR) is 107 cm³/mol. The first-order valence-corrected chi connectivity index (χ1v) is 7.69. The van der Waals surface area contributed by atoms with Crippen LogP contribution in [0.25, 0.3) is 0 Å². The van der Waals surface area contributed by atoms with E-state index in [1.54, 1.807) is 18.2 Å². The van der Waals surface area contributed by atoms with Crippen molar-refractivity contribution in [2.75, 3.05) is 6.54 Å². The van der Waals surface area contributed by atoms with Crippen molar-refractivity contribution in [3.8, 4) is 0 Å². The second-order valence-electron chi connectivity index (χ2n) is 5.17. The monoisotopic (exact) mass is 476 g/mol. The summed E-state index contributed by atoms with van der Waals surface area (Å²) in [5.41, 5.74) is 0.625. The summed E-state index contributed by atoms with van der Waals surface area (Å²) in [7, 11) is 0. The van der Waals surface area contributed by atoms with E-state index < -0.39 is 16.6 Å². The summed E-state index contributed by atoms with van der Waals surface area (Å²) in [4.78, 5) is 14.8. The number of aliphatic imine (C=N–C) groups is 1. The van der Waals surface area contributed by atoms with Crippen LogP contribution in [0.5, 0.6) is 0 Å². The summed E-state index contributed by atoms with van der Waals surface area (Å²) in [5, 5.41) is 16.9. The van der Waals surface area contributed by atoms with Crippen LogP contribution in [0.4, 0.5) is 14.5 Å². The van der Waals surface area contributed by atoms with Crippen molar-refractivity contribution >= 4 is 35.6 Å². The molecule has 0 saturated heterocycles. The molecule has 2 N–H and O–H groups in total. The topological polar surface area (TPSA) is 79.6 Å². The van der Waals surface area contributed by atoms with E-state index in [9.17, 15) is 18.9 Å². The summed E-state index contributed by atoms with van der Waals surface area (Å²) in [6, 6.07) is 9.53. The van der Waals surface area contributed by atoms with Gasteiger partial charge in [0.2, 0.25) is 0 Å². The van der Waals surface area contributed by atoms with E-state index in [1.807, 2.05) is 6.92 Å². The minimum Gasteiger partial charge on any atom is -0.357 e. The van der Waals surface area contributed by atoms with Crippen LogP contribution < -0.4 is 10.6 Å². The highest BCUT2D eigenvalue weighted by atomic mass is 127. The number of para-hydroxylation sites is 1. The van der Waals surface area contributed by atoms with Crippen LogP contribution in [0.3, 0.4) is 0 Å².